The van der Waals surface area contributed by atoms with Crippen molar-refractivity contribution in [1.29, 1.82) is 0 Å². The molecule has 0 aliphatic carbocycles. The normalized spacial score (nSPS) is 12.8. The minimum atomic E-state index is -0.799. The van der Waals surface area contributed by atoms with Gasteiger partial charge in [-0.25, -0.2) is 4.39 Å². The number of rotatable bonds is 7. The molecular weight excluding hydrogens is 179 g/mol. The van der Waals surface area contributed by atoms with E-state index in [1.165, 1.54) is 11.8 Å². The maximum atomic E-state index is 12.6. The first-order chi connectivity index (χ1) is 5.66. The SMILES string of the molecule is CCC(F)CCCSCC(=O)O. The Hall–Kier alpha value is -0.250. The number of aliphatic carboxylic acids is 1. The van der Waals surface area contributed by atoms with Crippen LogP contribution in [0, 0.1) is 0 Å². The van der Waals surface area contributed by atoms with E-state index in [1.807, 2.05) is 6.92 Å². The van der Waals surface area contributed by atoms with Crippen molar-refractivity contribution >= 4 is 17.7 Å². The lowest BCUT2D eigenvalue weighted by molar-refractivity contribution is -0.133. The first-order valence-corrected chi connectivity index (χ1v) is 5.26. The highest BCUT2D eigenvalue weighted by molar-refractivity contribution is 7.99. The van der Waals surface area contributed by atoms with Gasteiger partial charge < -0.3 is 5.11 Å². The lowest BCUT2D eigenvalue weighted by Gasteiger charge is -2.03. The second-order valence-corrected chi connectivity index (χ2v) is 3.70. The Morgan fingerprint density at radius 1 is 1.67 bits per heavy atom. The van der Waals surface area contributed by atoms with Crippen LogP contribution in [0.2, 0.25) is 0 Å². The average Bonchev–Trinajstić information content (AvgIpc) is 2.03. The smallest absolute Gasteiger partial charge is 0.313 e. The molecule has 0 bridgehead atoms. The fourth-order valence-corrected chi connectivity index (χ4v) is 1.46. The number of hydrogen-bond acceptors (Lipinski definition) is 2. The Morgan fingerprint density at radius 3 is 2.83 bits per heavy atom. The molecule has 0 aromatic rings. The lowest BCUT2D eigenvalue weighted by Crippen LogP contribution is -2.01. The van der Waals surface area contributed by atoms with Crippen LogP contribution in [0.15, 0.2) is 0 Å². The fourth-order valence-electron chi connectivity index (χ4n) is 0.770. The van der Waals surface area contributed by atoms with E-state index in [0.717, 1.165) is 12.2 Å². The highest BCUT2D eigenvalue weighted by Gasteiger charge is 2.02. The summed E-state index contributed by atoms with van der Waals surface area (Å²) in [5, 5.41) is 8.27. The summed E-state index contributed by atoms with van der Waals surface area (Å²) in [7, 11) is 0. The van der Waals surface area contributed by atoms with Crippen molar-refractivity contribution < 1.29 is 14.3 Å². The van der Waals surface area contributed by atoms with E-state index in [4.69, 9.17) is 5.11 Å². The van der Waals surface area contributed by atoms with Crippen molar-refractivity contribution in [2.75, 3.05) is 11.5 Å². The molecule has 1 N–H and O–H groups in total. The minimum absolute atomic E-state index is 0.128. The lowest BCUT2D eigenvalue weighted by atomic mass is 10.2. The van der Waals surface area contributed by atoms with E-state index in [-0.39, 0.29) is 5.75 Å². The van der Waals surface area contributed by atoms with Crippen LogP contribution < -0.4 is 0 Å². The van der Waals surface area contributed by atoms with Gasteiger partial charge in [0.1, 0.15) is 0 Å². The molecule has 12 heavy (non-hydrogen) atoms. The Balaban J connectivity index is 3.05. The molecule has 4 heteroatoms. The van der Waals surface area contributed by atoms with Crippen LogP contribution in [-0.4, -0.2) is 28.8 Å². The number of alkyl halides is 1. The predicted octanol–water partition coefficient (Wildman–Crippen LogP) is 2.33. The maximum Gasteiger partial charge on any atom is 0.313 e. The van der Waals surface area contributed by atoms with Gasteiger partial charge in [0.05, 0.1) is 11.9 Å². The molecule has 1 unspecified atom stereocenters. The number of carboxylic acid groups (broad SMARTS) is 1. The molecule has 0 amide bonds. The second kappa shape index (κ2) is 7.40. The summed E-state index contributed by atoms with van der Waals surface area (Å²) < 4.78 is 12.6. The minimum Gasteiger partial charge on any atom is -0.481 e. The fraction of sp³-hybridized carbons (Fsp3) is 0.875. The van der Waals surface area contributed by atoms with Crippen molar-refractivity contribution in [2.24, 2.45) is 0 Å². The molecule has 1 atom stereocenters. The van der Waals surface area contributed by atoms with Gasteiger partial charge in [0, 0.05) is 0 Å². The van der Waals surface area contributed by atoms with Crippen LogP contribution >= 0.6 is 11.8 Å². The summed E-state index contributed by atoms with van der Waals surface area (Å²) in [5.74, 6) is 0.0720. The van der Waals surface area contributed by atoms with E-state index < -0.39 is 12.1 Å². The van der Waals surface area contributed by atoms with Gasteiger partial charge in [0.25, 0.3) is 0 Å². The molecule has 0 rings (SSSR count). The van der Waals surface area contributed by atoms with Gasteiger partial charge in [0.15, 0.2) is 0 Å². The van der Waals surface area contributed by atoms with Crippen LogP contribution in [-0.2, 0) is 4.79 Å². The number of halogens is 1. The van der Waals surface area contributed by atoms with Gasteiger partial charge in [-0.05, 0) is 25.0 Å². The third-order valence-corrected chi connectivity index (χ3v) is 2.50. The van der Waals surface area contributed by atoms with Crippen molar-refractivity contribution in [3.8, 4) is 0 Å². The van der Waals surface area contributed by atoms with Crippen LogP contribution in [0.25, 0.3) is 0 Å². The summed E-state index contributed by atoms with van der Waals surface area (Å²) in [6, 6.07) is 0. The van der Waals surface area contributed by atoms with E-state index >= 15 is 0 Å². The van der Waals surface area contributed by atoms with Gasteiger partial charge in [0.2, 0.25) is 0 Å². The van der Waals surface area contributed by atoms with Crippen LogP contribution in [0.5, 0.6) is 0 Å². The quantitative estimate of drug-likeness (QED) is 0.632. The van der Waals surface area contributed by atoms with Crippen molar-refractivity contribution in [3.05, 3.63) is 0 Å². The zero-order valence-corrected chi connectivity index (χ0v) is 8.07. The number of carboxylic acids is 1. The third kappa shape index (κ3) is 7.85. The maximum absolute atomic E-state index is 12.6. The van der Waals surface area contributed by atoms with E-state index in [0.29, 0.717) is 12.8 Å². The summed E-state index contributed by atoms with van der Waals surface area (Å²) in [6.45, 7) is 1.81. The molecule has 0 aliphatic rings. The second-order valence-electron chi connectivity index (χ2n) is 2.59. The number of hydrogen-bond donors (Lipinski definition) is 1. The van der Waals surface area contributed by atoms with Gasteiger partial charge in [-0.15, -0.1) is 0 Å². The van der Waals surface area contributed by atoms with E-state index in [9.17, 15) is 9.18 Å². The molecule has 0 aromatic carbocycles. The van der Waals surface area contributed by atoms with Crippen molar-refractivity contribution in [3.63, 3.8) is 0 Å². The Labute approximate surface area is 76.5 Å². The number of carbonyl (C=O) groups is 1. The molecule has 0 aliphatic heterocycles. The number of thioether (sulfide) groups is 1. The third-order valence-electron chi connectivity index (χ3n) is 1.47. The molecule has 0 saturated heterocycles. The first-order valence-electron chi connectivity index (χ1n) is 4.10. The molecule has 0 radical (unpaired) electrons. The zero-order valence-electron chi connectivity index (χ0n) is 7.25. The van der Waals surface area contributed by atoms with Gasteiger partial charge in [-0.1, -0.05) is 6.92 Å². The highest BCUT2D eigenvalue weighted by atomic mass is 32.2. The standard InChI is InChI=1S/C8H15FO2S/c1-2-7(9)4-3-5-12-6-8(10)11/h7H,2-6H2,1H3,(H,10,11). The largest absolute Gasteiger partial charge is 0.481 e. The van der Waals surface area contributed by atoms with Gasteiger partial charge >= 0.3 is 5.97 Å². The van der Waals surface area contributed by atoms with Crippen molar-refractivity contribution in [2.45, 2.75) is 32.4 Å². The molecular formula is C8H15FO2S. The molecule has 72 valence electrons. The summed E-state index contributed by atoms with van der Waals surface area (Å²) >= 11 is 1.35. The average molecular weight is 194 g/mol. The molecule has 2 nitrogen and oxygen atoms in total. The van der Waals surface area contributed by atoms with Crippen LogP contribution in [0.4, 0.5) is 4.39 Å². The molecule has 0 aromatic heterocycles. The van der Waals surface area contributed by atoms with E-state index in [1.54, 1.807) is 0 Å². The Morgan fingerprint density at radius 2 is 2.33 bits per heavy atom. The summed E-state index contributed by atoms with van der Waals surface area (Å²) in [5.41, 5.74) is 0. The highest BCUT2D eigenvalue weighted by Crippen LogP contribution is 2.10. The molecule has 0 saturated carbocycles. The molecule has 0 heterocycles. The first kappa shape index (κ1) is 11.8. The molecule has 0 spiro atoms. The Bertz CT molecular complexity index is 130. The Kier molecular flexibility index (Phi) is 7.25. The van der Waals surface area contributed by atoms with Crippen LogP contribution in [0.1, 0.15) is 26.2 Å². The van der Waals surface area contributed by atoms with Crippen molar-refractivity contribution in [1.82, 2.24) is 0 Å². The summed E-state index contributed by atoms with van der Waals surface area (Å²) in [6.07, 6.45) is 1.18. The monoisotopic (exact) mass is 194 g/mol. The molecule has 0 fully saturated rings. The van der Waals surface area contributed by atoms with Crippen LogP contribution in [0.3, 0.4) is 0 Å². The van der Waals surface area contributed by atoms with Gasteiger partial charge in [-0.3, -0.25) is 4.79 Å². The topological polar surface area (TPSA) is 37.3 Å². The van der Waals surface area contributed by atoms with E-state index in [2.05, 4.69) is 0 Å². The zero-order chi connectivity index (χ0) is 9.40. The summed E-state index contributed by atoms with van der Waals surface area (Å²) in [4.78, 5) is 10.1. The van der Waals surface area contributed by atoms with Gasteiger partial charge in [-0.2, -0.15) is 11.8 Å². The predicted molar refractivity (Wildman–Crippen MR) is 49.4 cm³/mol.